The van der Waals surface area contributed by atoms with Crippen molar-refractivity contribution < 1.29 is 5.11 Å². The van der Waals surface area contributed by atoms with E-state index in [0.29, 0.717) is 6.61 Å². The third kappa shape index (κ3) is 4.01. The Morgan fingerprint density at radius 3 is 2.65 bits per heavy atom. The van der Waals surface area contributed by atoms with Gasteiger partial charge in [0.15, 0.2) is 0 Å². The summed E-state index contributed by atoms with van der Waals surface area (Å²) in [7, 11) is 2.15. The number of rotatable bonds is 7. The monoisotopic (exact) mass is 313 g/mol. The first-order chi connectivity index (χ1) is 11.2. The Hall–Kier alpha value is -1.65. The van der Waals surface area contributed by atoms with Gasteiger partial charge in [-0.3, -0.25) is 4.90 Å². The van der Waals surface area contributed by atoms with Crippen LogP contribution in [0.1, 0.15) is 36.9 Å². The van der Waals surface area contributed by atoms with E-state index in [0.717, 1.165) is 32.5 Å². The van der Waals surface area contributed by atoms with Gasteiger partial charge in [0.05, 0.1) is 12.0 Å². The lowest BCUT2D eigenvalue weighted by Crippen LogP contribution is -2.36. The lowest BCUT2D eigenvalue weighted by Gasteiger charge is -2.31. The molecule has 2 aromatic rings. The molecule has 3 rings (SSSR count). The number of hydrogen-bond acceptors (Lipinski definition) is 3. The Balaban J connectivity index is 1.63. The standard InChI is InChI=1S/C19H27N3O/c1-21(14-19(15-23)9-5-6-10-19)13-18-11-20-16-22(18)12-17-7-3-2-4-8-17/h2-4,7-8,11,16,23H,5-6,9-10,12-15H2,1H3. The maximum atomic E-state index is 9.80. The fourth-order valence-electron chi connectivity index (χ4n) is 3.80. The number of hydrogen-bond donors (Lipinski definition) is 1. The minimum absolute atomic E-state index is 0.110. The molecule has 4 heteroatoms. The molecule has 0 aliphatic heterocycles. The Bertz CT molecular complexity index is 602. The number of nitrogens with zero attached hydrogens (tertiary/aromatic N) is 3. The van der Waals surface area contributed by atoms with Crippen LogP contribution in [-0.4, -0.2) is 39.8 Å². The van der Waals surface area contributed by atoms with E-state index >= 15 is 0 Å². The lowest BCUT2D eigenvalue weighted by atomic mass is 9.86. The van der Waals surface area contributed by atoms with Crippen molar-refractivity contribution in [3.63, 3.8) is 0 Å². The summed E-state index contributed by atoms with van der Waals surface area (Å²) >= 11 is 0. The van der Waals surface area contributed by atoms with E-state index in [-0.39, 0.29) is 5.41 Å². The van der Waals surface area contributed by atoms with Crippen LogP contribution in [0.3, 0.4) is 0 Å². The highest BCUT2D eigenvalue weighted by molar-refractivity contribution is 5.16. The van der Waals surface area contributed by atoms with Crippen molar-refractivity contribution in [2.45, 2.75) is 38.8 Å². The minimum Gasteiger partial charge on any atom is -0.396 e. The molecule has 0 bridgehead atoms. The first-order valence-electron chi connectivity index (χ1n) is 8.53. The lowest BCUT2D eigenvalue weighted by molar-refractivity contribution is 0.0855. The van der Waals surface area contributed by atoms with Crippen LogP contribution < -0.4 is 0 Å². The second-order valence-corrected chi connectivity index (χ2v) is 7.04. The molecule has 0 spiro atoms. The smallest absolute Gasteiger partial charge is 0.0951 e. The second kappa shape index (κ2) is 7.28. The topological polar surface area (TPSA) is 41.3 Å². The van der Waals surface area contributed by atoms with Crippen LogP contribution in [0.2, 0.25) is 0 Å². The summed E-state index contributed by atoms with van der Waals surface area (Å²) < 4.78 is 2.21. The highest BCUT2D eigenvalue weighted by Gasteiger charge is 2.34. The molecule has 1 aliphatic rings. The number of aliphatic hydroxyl groups excluding tert-OH is 1. The second-order valence-electron chi connectivity index (χ2n) is 7.04. The first-order valence-corrected chi connectivity index (χ1v) is 8.53. The first kappa shape index (κ1) is 16.2. The molecule has 0 amide bonds. The molecule has 0 radical (unpaired) electrons. The van der Waals surface area contributed by atoms with Gasteiger partial charge in [-0.2, -0.15) is 0 Å². The Kier molecular flexibility index (Phi) is 5.13. The van der Waals surface area contributed by atoms with E-state index in [1.54, 1.807) is 0 Å². The summed E-state index contributed by atoms with van der Waals surface area (Å²) in [6.07, 6.45) is 8.67. The molecule has 1 heterocycles. The largest absolute Gasteiger partial charge is 0.396 e. The zero-order valence-corrected chi connectivity index (χ0v) is 14.0. The molecule has 0 saturated heterocycles. The van der Waals surface area contributed by atoms with E-state index in [2.05, 4.69) is 45.8 Å². The van der Waals surface area contributed by atoms with Crippen LogP contribution in [0.15, 0.2) is 42.9 Å². The highest BCUT2D eigenvalue weighted by Crippen LogP contribution is 2.38. The van der Waals surface area contributed by atoms with Crippen molar-refractivity contribution in [2.75, 3.05) is 20.2 Å². The van der Waals surface area contributed by atoms with Gasteiger partial charge in [-0.15, -0.1) is 0 Å². The summed E-state index contributed by atoms with van der Waals surface area (Å²) in [5.41, 5.74) is 2.62. The molecule has 1 saturated carbocycles. The Morgan fingerprint density at radius 2 is 1.96 bits per heavy atom. The normalized spacial score (nSPS) is 17.0. The predicted octanol–water partition coefficient (Wildman–Crippen LogP) is 2.92. The van der Waals surface area contributed by atoms with Crippen LogP contribution >= 0.6 is 0 Å². The molecule has 1 fully saturated rings. The van der Waals surface area contributed by atoms with Gasteiger partial charge in [-0.05, 0) is 25.5 Å². The van der Waals surface area contributed by atoms with E-state index in [9.17, 15) is 5.11 Å². The summed E-state index contributed by atoms with van der Waals surface area (Å²) in [5, 5.41) is 9.80. The molecular formula is C19H27N3O. The van der Waals surface area contributed by atoms with Crippen molar-refractivity contribution in [1.82, 2.24) is 14.5 Å². The highest BCUT2D eigenvalue weighted by atomic mass is 16.3. The fourth-order valence-corrected chi connectivity index (χ4v) is 3.80. The van der Waals surface area contributed by atoms with Crippen molar-refractivity contribution in [1.29, 1.82) is 0 Å². The van der Waals surface area contributed by atoms with E-state index < -0.39 is 0 Å². The minimum atomic E-state index is 0.110. The molecular weight excluding hydrogens is 286 g/mol. The molecule has 1 aromatic heterocycles. The number of benzene rings is 1. The van der Waals surface area contributed by atoms with E-state index in [1.807, 2.05) is 18.6 Å². The van der Waals surface area contributed by atoms with Gasteiger partial charge >= 0.3 is 0 Å². The summed E-state index contributed by atoms with van der Waals surface area (Å²) in [5.74, 6) is 0. The van der Waals surface area contributed by atoms with Crippen LogP contribution in [0.4, 0.5) is 0 Å². The van der Waals surface area contributed by atoms with Crippen LogP contribution in [0.5, 0.6) is 0 Å². The molecule has 0 unspecified atom stereocenters. The number of aliphatic hydroxyl groups is 1. The van der Waals surface area contributed by atoms with Crippen LogP contribution in [-0.2, 0) is 13.1 Å². The Morgan fingerprint density at radius 1 is 1.22 bits per heavy atom. The predicted molar refractivity (Wildman–Crippen MR) is 92.1 cm³/mol. The van der Waals surface area contributed by atoms with Gasteiger partial charge in [0.2, 0.25) is 0 Å². The Labute approximate surface area is 138 Å². The molecule has 23 heavy (non-hydrogen) atoms. The van der Waals surface area contributed by atoms with Gasteiger partial charge in [0.1, 0.15) is 0 Å². The SMILES string of the molecule is CN(Cc1cncn1Cc1ccccc1)CC1(CO)CCCC1. The van der Waals surface area contributed by atoms with Crippen LogP contribution in [0, 0.1) is 5.41 Å². The maximum absolute atomic E-state index is 9.80. The van der Waals surface area contributed by atoms with Gasteiger partial charge in [-0.1, -0.05) is 43.2 Å². The molecule has 124 valence electrons. The summed E-state index contributed by atoms with van der Waals surface area (Å²) in [6, 6.07) is 10.5. The van der Waals surface area contributed by atoms with Crippen LogP contribution in [0.25, 0.3) is 0 Å². The van der Waals surface area contributed by atoms with Crippen molar-refractivity contribution in [2.24, 2.45) is 5.41 Å². The zero-order chi connectivity index (χ0) is 16.1. The summed E-state index contributed by atoms with van der Waals surface area (Å²) in [4.78, 5) is 6.66. The van der Waals surface area contributed by atoms with Crippen molar-refractivity contribution in [3.8, 4) is 0 Å². The molecule has 1 aliphatic carbocycles. The average molecular weight is 313 g/mol. The average Bonchev–Trinajstić information content (AvgIpc) is 3.19. The molecule has 1 aromatic carbocycles. The van der Waals surface area contributed by atoms with Gasteiger partial charge in [0.25, 0.3) is 0 Å². The van der Waals surface area contributed by atoms with Crippen molar-refractivity contribution in [3.05, 3.63) is 54.1 Å². The fraction of sp³-hybridized carbons (Fsp3) is 0.526. The number of imidazole rings is 1. The third-order valence-corrected chi connectivity index (χ3v) is 5.03. The molecule has 4 nitrogen and oxygen atoms in total. The molecule has 0 atom stereocenters. The zero-order valence-electron chi connectivity index (χ0n) is 14.0. The maximum Gasteiger partial charge on any atom is 0.0951 e. The van der Waals surface area contributed by atoms with Gasteiger partial charge in [0, 0.05) is 37.9 Å². The molecule has 1 N–H and O–H groups in total. The van der Waals surface area contributed by atoms with Gasteiger partial charge < -0.3 is 9.67 Å². The summed E-state index contributed by atoms with van der Waals surface area (Å²) in [6.45, 7) is 2.99. The third-order valence-electron chi connectivity index (χ3n) is 5.03. The van der Waals surface area contributed by atoms with E-state index in [4.69, 9.17) is 0 Å². The van der Waals surface area contributed by atoms with Gasteiger partial charge in [-0.25, -0.2) is 4.98 Å². The number of aromatic nitrogens is 2. The van der Waals surface area contributed by atoms with Crippen molar-refractivity contribution >= 4 is 0 Å². The van der Waals surface area contributed by atoms with E-state index in [1.165, 1.54) is 24.1 Å². The quantitative estimate of drug-likeness (QED) is 0.854.